The number of nitrogens with zero attached hydrogens (tertiary/aromatic N) is 2. The monoisotopic (exact) mass is 220 g/mol. The summed E-state index contributed by atoms with van der Waals surface area (Å²) in [5.41, 5.74) is 0.705. The Kier molecular flexibility index (Phi) is 4.45. The zero-order valence-corrected chi connectivity index (χ0v) is 10.00. The van der Waals surface area contributed by atoms with E-state index in [1.54, 1.807) is 12.1 Å². The quantitative estimate of drug-likeness (QED) is 0.780. The van der Waals surface area contributed by atoms with Crippen LogP contribution in [0.5, 0.6) is 0 Å². The van der Waals surface area contributed by atoms with Crippen molar-refractivity contribution in [3.8, 4) is 6.07 Å². The summed E-state index contributed by atoms with van der Waals surface area (Å²) in [6, 6.07) is 7.22. The van der Waals surface area contributed by atoms with Crippen molar-refractivity contribution in [1.82, 2.24) is 4.90 Å². The molecular formula is C13H17FN2. The van der Waals surface area contributed by atoms with Gasteiger partial charge in [0.15, 0.2) is 0 Å². The summed E-state index contributed by atoms with van der Waals surface area (Å²) in [6.45, 7) is 4.74. The molecule has 1 rings (SSSR count). The number of halogens is 1. The molecule has 86 valence electrons. The topological polar surface area (TPSA) is 27.0 Å². The molecule has 0 spiro atoms. The van der Waals surface area contributed by atoms with Gasteiger partial charge in [-0.1, -0.05) is 19.1 Å². The summed E-state index contributed by atoms with van der Waals surface area (Å²) in [5.74, 6) is -0.389. The lowest BCUT2D eigenvalue weighted by Gasteiger charge is -2.23. The average Bonchev–Trinajstić information content (AvgIpc) is 2.30. The molecule has 0 aliphatic carbocycles. The van der Waals surface area contributed by atoms with Gasteiger partial charge in [0.2, 0.25) is 0 Å². The van der Waals surface area contributed by atoms with Crippen LogP contribution in [0.3, 0.4) is 0 Å². The van der Waals surface area contributed by atoms with E-state index in [1.165, 1.54) is 6.07 Å². The maximum Gasteiger partial charge on any atom is 0.145 e. The zero-order chi connectivity index (χ0) is 12.1. The highest BCUT2D eigenvalue weighted by atomic mass is 19.1. The van der Waals surface area contributed by atoms with Crippen LogP contribution < -0.4 is 0 Å². The van der Waals surface area contributed by atoms with Crippen LogP contribution in [-0.2, 0) is 6.54 Å². The second kappa shape index (κ2) is 5.62. The van der Waals surface area contributed by atoms with E-state index in [9.17, 15) is 4.39 Å². The number of hydrogen-bond acceptors (Lipinski definition) is 2. The van der Waals surface area contributed by atoms with Crippen molar-refractivity contribution in [3.63, 3.8) is 0 Å². The molecule has 0 aliphatic rings. The number of nitriles is 1. The molecule has 0 saturated heterocycles. The summed E-state index contributed by atoms with van der Waals surface area (Å²) >= 11 is 0. The van der Waals surface area contributed by atoms with E-state index in [2.05, 4.69) is 18.7 Å². The third-order valence-corrected chi connectivity index (χ3v) is 2.96. The predicted octanol–water partition coefficient (Wildman–Crippen LogP) is 2.93. The standard InChI is InChI=1S/C13H17FN2/c1-4-10(2)16(3)9-12-7-5-6-11(8-15)13(12)14/h5-7,10H,4,9H2,1-3H3. The lowest BCUT2D eigenvalue weighted by Crippen LogP contribution is -2.28. The van der Waals surface area contributed by atoms with E-state index in [1.807, 2.05) is 13.1 Å². The molecule has 0 bridgehead atoms. The predicted molar refractivity (Wildman–Crippen MR) is 62.3 cm³/mol. The number of hydrogen-bond donors (Lipinski definition) is 0. The molecule has 1 aromatic rings. The molecular weight excluding hydrogens is 203 g/mol. The van der Waals surface area contributed by atoms with Crippen LogP contribution in [0, 0.1) is 17.1 Å². The van der Waals surface area contributed by atoms with Gasteiger partial charge < -0.3 is 0 Å². The highest BCUT2D eigenvalue weighted by Gasteiger charge is 2.12. The van der Waals surface area contributed by atoms with Gasteiger partial charge in [0.05, 0.1) is 5.56 Å². The van der Waals surface area contributed by atoms with Crippen molar-refractivity contribution in [3.05, 3.63) is 35.1 Å². The molecule has 2 nitrogen and oxygen atoms in total. The zero-order valence-electron chi connectivity index (χ0n) is 10.00. The third-order valence-electron chi connectivity index (χ3n) is 2.96. The van der Waals surface area contributed by atoms with Crippen LogP contribution >= 0.6 is 0 Å². The van der Waals surface area contributed by atoms with E-state index in [0.29, 0.717) is 18.2 Å². The van der Waals surface area contributed by atoms with Crippen LogP contribution in [0.25, 0.3) is 0 Å². The van der Waals surface area contributed by atoms with Crippen molar-refractivity contribution in [2.75, 3.05) is 7.05 Å². The average molecular weight is 220 g/mol. The maximum absolute atomic E-state index is 13.8. The minimum atomic E-state index is -0.389. The van der Waals surface area contributed by atoms with Crippen molar-refractivity contribution < 1.29 is 4.39 Å². The minimum absolute atomic E-state index is 0.120. The maximum atomic E-state index is 13.8. The van der Waals surface area contributed by atoms with Crippen molar-refractivity contribution >= 4 is 0 Å². The normalized spacial score (nSPS) is 12.5. The van der Waals surface area contributed by atoms with Crippen LogP contribution in [0.1, 0.15) is 31.4 Å². The largest absolute Gasteiger partial charge is 0.299 e. The van der Waals surface area contributed by atoms with E-state index in [0.717, 1.165) is 6.42 Å². The van der Waals surface area contributed by atoms with Gasteiger partial charge in [-0.15, -0.1) is 0 Å². The Hall–Kier alpha value is -1.40. The summed E-state index contributed by atoms with van der Waals surface area (Å²) in [7, 11) is 1.96. The van der Waals surface area contributed by atoms with Crippen molar-refractivity contribution in [2.45, 2.75) is 32.9 Å². The Labute approximate surface area is 96.3 Å². The molecule has 0 aliphatic heterocycles. The third kappa shape index (κ3) is 2.80. The second-order valence-electron chi connectivity index (χ2n) is 4.06. The fraction of sp³-hybridized carbons (Fsp3) is 0.462. The number of rotatable bonds is 4. The van der Waals surface area contributed by atoms with Gasteiger partial charge in [0.1, 0.15) is 11.9 Å². The Bertz CT molecular complexity index is 395. The molecule has 0 aromatic heterocycles. The van der Waals surface area contributed by atoms with Gasteiger partial charge in [-0.05, 0) is 26.5 Å². The molecule has 0 fully saturated rings. The molecule has 0 radical (unpaired) electrons. The lowest BCUT2D eigenvalue weighted by molar-refractivity contribution is 0.240. The minimum Gasteiger partial charge on any atom is -0.299 e. The van der Waals surface area contributed by atoms with E-state index < -0.39 is 0 Å². The highest BCUT2D eigenvalue weighted by molar-refractivity contribution is 5.34. The van der Waals surface area contributed by atoms with Crippen molar-refractivity contribution in [1.29, 1.82) is 5.26 Å². The summed E-state index contributed by atoms with van der Waals surface area (Å²) in [5, 5.41) is 8.73. The molecule has 1 unspecified atom stereocenters. The van der Waals surface area contributed by atoms with Gasteiger partial charge >= 0.3 is 0 Å². The molecule has 3 heteroatoms. The van der Waals surface area contributed by atoms with Gasteiger partial charge in [-0.2, -0.15) is 5.26 Å². The first-order chi connectivity index (χ1) is 7.60. The molecule has 0 N–H and O–H groups in total. The van der Waals surface area contributed by atoms with Crippen LogP contribution in [-0.4, -0.2) is 18.0 Å². The lowest BCUT2D eigenvalue weighted by atomic mass is 10.1. The molecule has 1 atom stereocenters. The molecule has 0 heterocycles. The van der Waals surface area contributed by atoms with Gasteiger partial charge in [0, 0.05) is 18.2 Å². The first kappa shape index (κ1) is 12.7. The van der Waals surface area contributed by atoms with Gasteiger partial charge in [-0.25, -0.2) is 4.39 Å². The highest BCUT2D eigenvalue weighted by Crippen LogP contribution is 2.15. The fourth-order valence-corrected chi connectivity index (χ4v) is 1.52. The Balaban J connectivity index is 2.86. The Morgan fingerprint density at radius 3 is 2.75 bits per heavy atom. The molecule has 16 heavy (non-hydrogen) atoms. The summed E-state index contributed by atoms with van der Waals surface area (Å²) < 4.78 is 13.8. The van der Waals surface area contributed by atoms with Crippen LogP contribution in [0.15, 0.2) is 18.2 Å². The van der Waals surface area contributed by atoms with E-state index in [-0.39, 0.29) is 11.4 Å². The number of benzene rings is 1. The van der Waals surface area contributed by atoms with Gasteiger partial charge in [-0.3, -0.25) is 4.90 Å². The Morgan fingerprint density at radius 2 is 2.19 bits per heavy atom. The summed E-state index contributed by atoms with van der Waals surface area (Å²) in [6.07, 6.45) is 1.02. The smallest absolute Gasteiger partial charge is 0.145 e. The van der Waals surface area contributed by atoms with Crippen LogP contribution in [0.4, 0.5) is 4.39 Å². The summed E-state index contributed by atoms with van der Waals surface area (Å²) in [4.78, 5) is 2.08. The Morgan fingerprint density at radius 1 is 1.50 bits per heavy atom. The SMILES string of the molecule is CCC(C)N(C)Cc1cccc(C#N)c1F. The fourth-order valence-electron chi connectivity index (χ4n) is 1.52. The molecule has 0 saturated carbocycles. The first-order valence-electron chi connectivity index (χ1n) is 5.47. The van der Waals surface area contributed by atoms with Gasteiger partial charge in [0.25, 0.3) is 0 Å². The first-order valence-corrected chi connectivity index (χ1v) is 5.47. The van der Waals surface area contributed by atoms with Crippen LogP contribution in [0.2, 0.25) is 0 Å². The second-order valence-corrected chi connectivity index (χ2v) is 4.06. The van der Waals surface area contributed by atoms with E-state index in [4.69, 9.17) is 5.26 Å². The van der Waals surface area contributed by atoms with Crippen molar-refractivity contribution in [2.24, 2.45) is 0 Å². The molecule has 0 amide bonds. The molecule has 1 aromatic carbocycles. The van der Waals surface area contributed by atoms with E-state index >= 15 is 0 Å².